The van der Waals surface area contributed by atoms with Crippen LogP contribution in [-0.4, -0.2) is 14.8 Å². The molecule has 0 radical (unpaired) electrons. The largest absolute Gasteiger partial charge is 0.318 e. The summed E-state index contributed by atoms with van der Waals surface area (Å²) in [7, 11) is 0. The molecular weight excluding hydrogens is 212 g/mol. The summed E-state index contributed by atoms with van der Waals surface area (Å²) in [6, 6.07) is 8.02. The third kappa shape index (κ3) is 2.53. The van der Waals surface area contributed by atoms with Crippen LogP contribution >= 0.6 is 0 Å². The van der Waals surface area contributed by atoms with E-state index in [1.54, 1.807) is 6.33 Å². The first-order chi connectivity index (χ1) is 8.22. The Hall–Kier alpha value is -1.68. The van der Waals surface area contributed by atoms with Crippen LogP contribution in [0.4, 0.5) is 0 Å². The van der Waals surface area contributed by atoms with Gasteiger partial charge in [-0.05, 0) is 18.9 Å². The van der Waals surface area contributed by atoms with Crippen molar-refractivity contribution in [2.45, 2.75) is 32.9 Å². The Morgan fingerprint density at radius 2 is 2.00 bits per heavy atom. The topological polar surface area (TPSA) is 56.7 Å². The number of aryl methyl sites for hydroxylation is 2. The SMILES string of the molecule is CCCn1ncnc1C(N)c1ccc(C)cc1. The second-order valence-corrected chi connectivity index (χ2v) is 4.23. The molecule has 1 aromatic carbocycles. The number of nitrogens with two attached hydrogens (primary N) is 1. The Morgan fingerprint density at radius 1 is 1.29 bits per heavy atom. The lowest BCUT2D eigenvalue weighted by atomic mass is 10.1. The summed E-state index contributed by atoms with van der Waals surface area (Å²) in [5.74, 6) is 0.829. The van der Waals surface area contributed by atoms with Crippen molar-refractivity contribution >= 4 is 0 Å². The molecule has 0 spiro atoms. The highest BCUT2D eigenvalue weighted by Crippen LogP contribution is 2.17. The van der Waals surface area contributed by atoms with Gasteiger partial charge in [-0.2, -0.15) is 5.10 Å². The highest BCUT2D eigenvalue weighted by Gasteiger charge is 2.14. The van der Waals surface area contributed by atoms with E-state index in [2.05, 4.69) is 36.1 Å². The van der Waals surface area contributed by atoms with Gasteiger partial charge in [-0.1, -0.05) is 36.8 Å². The van der Waals surface area contributed by atoms with Gasteiger partial charge in [-0.15, -0.1) is 0 Å². The molecule has 1 atom stereocenters. The van der Waals surface area contributed by atoms with Gasteiger partial charge in [0, 0.05) is 6.54 Å². The minimum absolute atomic E-state index is 0.204. The molecule has 2 N–H and O–H groups in total. The fourth-order valence-electron chi connectivity index (χ4n) is 1.82. The summed E-state index contributed by atoms with van der Waals surface area (Å²) in [4.78, 5) is 4.26. The van der Waals surface area contributed by atoms with Gasteiger partial charge >= 0.3 is 0 Å². The Kier molecular flexibility index (Phi) is 3.54. The number of hydrogen-bond donors (Lipinski definition) is 1. The molecular formula is C13H18N4. The van der Waals surface area contributed by atoms with Gasteiger partial charge in [0.25, 0.3) is 0 Å². The maximum atomic E-state index is 6.22. The average Bonchev–Trinajstić information content (AvgIpc) is 2.78. The van der Waals surface area contributed by atoms with Gasteiger partial charge in [0.05, 0.1) is 6.04 Å². The molecule has 1 aromatic heterocycles. The van der Waals surface area contributed by atoms with Gasteiger partial charge in [0.15, 0.2) is 0 Å². The van der Waals surface area contributed by atoms with Crippen molar-refractivity contribution in [2.24, 2.45) is 5.73 Å². The summed E-state index contributed by atoms with van der Waals surface area (Å²) < 4.78 is 1.88. The van der Waals surface area contributed by atoms with Gasteiger partial charge in [0.2, 0.25) is 0 Å². The van der Waals surface area contributed by atoms with Crippen LogP contribution in [0.25, 0.3) is 0 Å². The summed E-state index contributed by atoms with van der Waals surface area (Å²) in [6.45, 7) is 5.03. The molecule has 17 heavy (non-hydrogen) atoms. The van der Waals surface area contributed by atoms with Crippen molar-refractivity contribution in [2.75, 3.05) is 0 Å². The predicted molar refractivity (Wildman–Crippen MR) is 67.5 cm³/mol. The van der Waals surface area contributed by atoms with Crippen molar-refractivity contribution < 1.29 is 0 Å². The Labute approximate surface area is 101 Å². The molecule has 0 bridgehead atoms. The van der Waals surface area contributed by atoms with Crippen LogP contribution in [0.15, 0.2) is 30.6 Å². The number of benzene rings is 1. The maximum absolute atomic E-state index is 6.22. The first-order valence-electron chi connectivity index (χ1n) is 5.92. The normalized spacial score (nSPS) is 12.6. The zero-order valence-electron chi connectivity index (χ0n) is 10.3. The first-order valence-corrected chi connectivity index (χ1v) is 5.92. The van der Waals surface area contributed by atoms with Crippen molar-refractivity contribution in [1.29, 1.82) is 0 Å². The van der Waals surface area contributed by atoms with Crippen molar-refractivity contribution in [3.8, 4) is 0 Å². The van der Waals surface area contributed by atoms with Crippen molar-refractivity contribution in [1.82, 2.24) is 14.8 Å². The quantitative estimate of drug-likeness (QED) is 0.874. The summed E-state index contributed by atoms with van der Waals surface area (Å²) in [5.41, 5.74) is 8.52. The zero-order valence-corrected chi connectivity index (χ0v) is 10.3. The van der Waals surface area contributed by atoms with E-state index in [1.807, 2.05) is 16.8 Å². The molecule has 0 saturated heterocycles. The molecule has 0 fully saturated rings. The standard InChI is InChI=1S/C13H18N4/c1-3-8-17-13(15-9-16-17)12(14)11-6-4-10(2)5-7-11/h4-7,9,12H,3,8,14H2,1-2H3. The Balaban J connectivity index is 2.26. The van der Waals surface area contributed by atoms with E-state index in [-0.39, 0.29) is 6.04 Å². The Morgan fingerprint density at radius 3 is 2.65 bits per heavy atom. The van der Waals surface area contributed by atoms with E-state index in [0.717, 1.165) is 24.4 Å². The number of hydrogen-bond acceptors (Lipinski definition) is 3. The molecule has 4 nitrogen and oxygen atoms in total. The Bertz CT molecular complexity index is 472. The summed E-state index contributed by atoms with van der Waals surface area (Å²) >= 11 is 0. The molecule has 1 unspecified atom stereocenters. The van der Waals surface area contributed by atoms with Crippen LogP contribution in [-0.2, 0) is 6.54 Å². The molecule has 1 heterocycles. The molecule has 4 heteroatoms. The molecule has 2 rings (SSSR count). The van der Waals surface area contributed by atoms with E-state index in [4.69, 9.17) is 5.73 Å². The molecule has 2 aromatic rings. The van der Waals surface area contributed by atoms with Crippen molar-refractivity contribution in [3.63, 3.8) is 0 Å². The van der Waals surface area contributed by atoms with E-state index in [0.29, 0.717) is 0 Å². The van der Waals surface area contributed by atoms with E-state index >= 15 is 0 Å². The van der Waals surface area contributed by atoms with Gasteiger partial charge in [-0.25, -0.2) is 9.67 Å². The molecule has 0 aliphatic heterocycles. The van der Waals surface area contributed by atoms with E-state index in [1.165, 1.54) is 5.56 Å². The fourth-order valence-corrected chi connectivity index (χ4v) is 1.82. The molecule has 0 saturated carbocycles. The second kappa shape index (κ2) is 5.10. The third-order valence-electron chi connectivity index (χ3n) is 2.80. The number of rotatable bonds is 4. The van der Waals surface area contributed by atoms with Gasteiger partial charge in [0.1, 0.15) is 12.2 Å². The second-order valence-electron chi connectivity index (χ2n) is 4.23. The van der Waals surface area contributed by atoms with Crippen LogP contribution in [0, 0.1) is 6.92 Å². The smallest absolute Gasteiger partial charge is 0.148 e. The molecule has 0 aliphatic carbocycles. The third-order valence-corrected chi connectivity index (χ3v) is 2.80. The highest BCUT2D eigenvalue weighted by atomic mass is 15.3. The zero-order chi connectivity index (χ0) is 12.3. The highest BCUT2D eigenvalue weighted by molar-refractivity contribution is 5.27. The van der Waals surface area contributed by atoms with Crippen LogP contribution in [0.1, 0.15) is 36.3 Å². The van der Waals surface area contributed by atoms with E-state index < -0.39 is 0 Å². The van der Waals surface area contributed by atoms with Crippen LogP contribution in [0.5, 0.6) is 0 Å². The van der Waals surface area contributed by atoms with Gasteiger partial charge < -0.3 is 5.73 Å². The minimum Gasteiger partial charge on any atom is -0.318 e. The van der Waals surface area contributed by atoms with E-state index in [9.17, 15) is 0 Å². The van der Waals surface area contributed by atoms with Crippen molar-refractivity contribution in [3.05, 3.63) is 47.5 Å². The maximum Gasteiger partial charge on any atom is 0.148 e. The monoisotopic (exact) mass is 230 g/mol. The molecule has 0 amide bonds. The van der Waals surface area contributed by atoms with Gasteiger partial charge in [-0.3, -0.25) is 0 Å². The number of nitrogens with zero attached hydrogens (tertiary/aromatic N) is 3. The molecule has 90 valence electrons. The predicted octanol–water partition coefficient (Wildman–Crippen LogP) is 2.04. The fraction of sp³-hybridized carbons (Fsp3) is 0.385. The number of aromatic nitrogens is 3. The van der Waals surface area contributed by atoms with Crippen LogP contribution < -0.4 is 5.73 Å². The minimum atomic E-state index is -0.204. The average molecular weight is 230 g/mol. The van der Waals surface area contributed by atoms with Crippen LogP contribution in [0.3, 0.4) is 0 Å². The molecule has 0 aliphatic rings. The lowest BCUT2D eigenvalue weighted by Crippen LogP contribution is -2.18. The van der Waals surface area contributed by atoms with Crippen LogP contribution in [0.2, 0.25) is 0 Å². The summed E-state index contributed by atoms with van der Waals surface area (Å²) in [6.07, 6.45) is 2.59. The lowest BCUT2D eigenvalue weighted by molar-refractivity contribution is 0.553. The first kappa shape index (κ1) is 11.8. The lowest BCUT2D eigenvalue weighted by Gasteiger charge is -2.12. The summed E-state index contributed by atoms with van der Waals surface area (Å²) in [5, 5.41) is 4.20.